The molecule has 1 aromatic carbocycles. The number of amides is 1. The van der Waals surface area contributed by atoms with Gasteiger partial charge in [-0.2, -0.15) is 5.10 Å². The smallest absolute Gasteiger partial charge is 0.291 e. The Labute approximate surface area is 140 Å². The van der Waals surface area contributed by atoms with Crippen molar-refractivity contribution in [3.63, 3.8) is 0 Å². The van der Waals surface area contributed by atoms with Gasteiger partial charge >= 0.3 is 0 Å². The van der Waals surface area contributed by atoms with E-state index in [1.54, 1.807) is 36.3 Å². The molecule has 6 heteroatoms. The Morgan fingerprint density at radius 3 is 2.83 bits per heavy atom. The normalized spacial score (nSPS) is 10.6. The van der Waals surface area contributed by atoms with Crippen LogP contribution in [0.4, 0.5) is 5.69 Å². The number of carbonyl (C=O) groups is 1. The van der Waals surface area contributed by atoms with Crippen LogP contribution in [0, 0.1) is 13.8 Å². The highest BCUT2D eigenvalue weighted by atomic mass is 16.5. The molecule has 1 N–H and O–H groups in total. The van der Waals surface area contributed by atoms with Crippen LogP contribution in [0.25, 0.3) is 0 Å². The maximum Gasteiger partial charge on any atom is 0.291 e. The molecule has 24 heavy (non-hydrogen) atoms. The molecule has 0 aliphatic rings. The third kappa shape index (κ3) is 3.65. The Balaban J connectivity index is 1.61. The monoisotopic (exact) mass is 325 g/mol. The Hall–Kier alpha value is -3.02. The molecule has 6 nitrogen and oxygen atoms in total. The third-order valence-corrected chi connectivity index (χ3v) is 3.55. The standard InChI is InChI=1S/C18H19N3O3/c1-12-4-6-16(13(2)8-12)23-11-15-5-7-17(24-15)18(22)20-14-9-19-21(3)10-14/h4-10H,11H2,1-3H3,(H,20,22). The quantitative estimate of drug-likeness (QED) is 0.780. The van der Waals surface area contributed by atoms with Gasteiger partial charge in [0.25, 0.3) is 5.91 Å². The minimum Gasteiger partial charge on any atom is -0.485 e. The van der Waals surface area contributed by atoms with Gasteiger partial charge in [0.15, 0.2) is 5.76 Å². The van der Waals surface area contributed by atoms with E-state index in [2.05, 4.69) is 16.5 Å². The van der Waals surface area contributed by atoms with Gasteiger partial charge in [0.2, 0.25) is 0 Å². The van der Waals surface area contributed by atoms with Crippen molar-refractivity contribution in [3.8, 4) is 5.75 Å². The molecule has 2 heterocycles. The van der Waals surface area contributed by atoms with Crippen molar-refractivity contribution in [2.24, 2.45) is 7.05 Å². The number of benzene rings is 1. The highest BCUT2D eigenvalue weighted by Crippen LogP contribution is 2.20. The van der Waals surface area contributed by atoms with Crippen LogP contribution in [0.2, 0.25) is 0 Å². The molecule has 0 aliphatic carbocycles. The second kappa shape index (κ2) is 6.62. The fraction of sp³-hybridized carbons (Fsp3) is 0.222. The van der Waals surface area contributed by atoms with Crippen LogP contribution < -0.4 is 10.1 Å². The topological polar surface area (TPSA) is 69.3 Å². The summed E-state index contributed by atoms with van der Waals surface area (Å²) >= 11 is 0. The number of anilines is 1. The zero-order valence-corrected chi connectivity index (χ0v) is 13.9. The van der Waals surface area contributed by atoms with Gasteiger partial charge < -0.3 is 14.5 Å². The highest BCUT2D eigenvalue weighted by Gasteiger charge is 2.13. The average molecular weight is 325 g/mol. The summed E-state index contributed by atoms with van der Waals surface area (Å²) in [5.41, 5.74) is 2.87. The van der Waals surface area contributed by atoms with Crippen LogP contribution >= 0.6 is 0 Å². The lowest BCUT2D eigenvalue weighted by Gasteiger charge is -2.08. The molecule has 0 spiro atoms. The van der Waals surface area contributed by atoms with E-state index in [4.69, 9.17) is 9.15 Å². The van der Waals surface area contributed by atoms with E-state index in [1.807, 2.05) is 26.0 Å². The number of nitrogens with zero attached hydrogens (tertiary/aromatic N) is 2. The first kappa shape index (κ1) is 15.9. The second-order valence-electron chi connectivity index (χ2n) is 5.68. The Morgan fingerprint density at radius 1 is 1.29 bits per heavy atom. The first-order valence-electron chi connectivity index (χ1n) is 7.60. The average Bonchev–Trinajstić information content (AvgIpc) is 3.15. The zero-order chi connectivity index (χ0) is 17.1. The summed E-state index contributed by atoms with van der Waals surface area (Å²) < 4.78 is 12.9. The molecule has 0 saturated carbocycles. The van der Waals surface area contributed by atoms with Gasteiger partial charge in [-0.15, -0.1) is 0 Å². The first-order valence-corrected chi connectivity index (χ1v) is 7.60. The van der Waals surface area contributed by atoms with Gasteiger partial charge in [-0.05, 0) is 37.6 Å². The van der Waals surface area contributed by atoms with Crippen LogP contribution in [0.3, 0.4) is 0 Å². The molecule has 3 rings (SSSR count). The van der Waals surface area contributed by atoms with E-state index in [0.29, 0.717) is 11.4 Å². The minimum atomic E-state index is -0.319. The lowest BCUT2D eigenvalue weighted by atomic mass is 10.1. The zero-order valence-electron chi connectivity index (χ0n) is 13.9. The van der Waals surface area contributed by atoms with Crippen molar-refractivity contribution in [3.05, 3.63) is 65.4 Å². The maximum atomic E-state index is 12.1. The molecule has 2 aromatic heterocycles. The van der Waals surface area contributed by atoms with Gasteiger partial charge in [-0.25, -0.2) is 0 Å². The molecular formula is C18H19N3O3. The number of carbonyl (C=O) groups excluding carboxylic acids is 1. The fourth-order valence-electron chi connectivity index (χ4n) is 2.37. The lowest BCUT2D eigenvalue weighted by Crippen LogP contribution is -2.10. The molecule has 124 valence electrons. The molecule has 0 aliphatic heterocycles. The van der Waals surface area contributed by atoms with E-state index < -0.39 is 0 Å². The molecule has 3 aromatic rings. The third-order valence-electron chi connectivity index (χ3n) is 3.55. The summed E-state index contributed by atoms with van der Waals surface area (Å²) in [5, 5.41) is 6.72. The number of aromatic nitrogens is 2. The Bertz CT molecular complexity index is 864. The van der Waals surface area contributed by atoms with Crippen molar-refractivity contribution < 1.29 is 13.9 Å². The molecule has 0 bridgehead atoms. The SMILES string of the molecule is Cc1ccc(OCc2ccc(C(=O)Nc3cnn(C)c3)o2)c(C)c1. The predicted molar refractivity (Wildman–Crippen MR) is 90.1 cm³/mol. The fourth-order valence-corrected chi connectivity index (χ4v) is 2.37. The number of nitrogens with one attached hydrogen (secondary N) is 1. The highest BCUT2D eigenvalue weighted by molar-refractivity contribution is 6.02. The molecule has 0 atom stereocenters. The summed E-state index contributed by atoms with van der Waals surface area (Å²) in [7, 11) is 1.78. The first-order chi connectivity index (χ1) is 11.5. The van der Waals surface area contributed by atoms with Crippen LogP contribution in [-0.4, -0.2) is 15.7 Å². The van der Waals surface area contributed by atoms with Crippen molar-refractivity contribution in [2.45, 2.75) is 20.5 Å². The maximum absolute atomic E-state index is 12.1. The van der Waals surface area contributed by atoms with E-state index in [9.17, 15) is 4.79 Å². The predicted octanol–water partition coefficient (Wildman–Crippen LogP) is 3.46. The Kier molecular flexibility index (Phi) is 4.37. The van der Waals surface area contributed by atoms with E-state index in [-0.39, 0.29) is 18.3 Å². The number of hydrogen-bond acceptors (Lipinski definition) is 4. The number of hydrogen-bond donors (Lipinski definition) is 1. The van der Waals surface area contributed by atoms with Gasteiger partial charge in [0, 0.05) is 13.2 Å². The van der Waals surface area contributed by atoms with Crippen LogP contribution in [0.1, 0.15) is 27.4 Å². The van der Waals surface area contributed by atoms with Gasteiger partial charge in [0.1, 0.15) is 18.1 Å². The molecular weight excluding hydrogens is 306 g/mol. The molecule has 1 amide bonds. The number of rotatable bonds is 5. The van der Waals surface area contributed by atoms with E-state index >= 15 is 0 Å². The van der Waals surface area contributed by atoms with Crippen molar-refractivity contribution in [1.29, 1.82) is 0 Å². The van der Waals surface area contributed by atoms with Crippen molar-refractivity contribution >= 4 is 11.6 Å². The molecule has 0 fully saturated rings. The number of ether oxygens (including phenoxy) is 1. The minimum absolute atomic E-state index is 0.234. The summed E-state index contributed by atoms with van der Waals surface area (Å²) in [4.78, 5) is 12.1. The van der Waals surface area contributed by atoms with E-state index in [1.165, 1.54) is 5.56 Å². The largest absolute Gasteiger partial charge is 0.485 e. The van der Waals surface area contributed by atoms with Crippen molar-refractivity contribution in [1.82, 2.24) is 9.78 Å². The molecule has 0 unspecified atom stereocenters. The van der Waals surface area contributed by atoms with Crippen LogP contribution in [0.5, 0.6) is 5.75 Å². The van der Waals surface area contributed by atoms with E-state index in [0.717, 1.165) is 11.3 Å². The van der Waals surface area contributed by atoms with Crippen LogP contribution in [0.15, 0.2) is 47.1 Å². The number of aryl methyl sites for hydroxylation is 3. The molecule has 0 radical (unpaired) electrons. The summed E-state index contributed by atoms with van der Waals surface area (Å²) in [5.74, 6) is 1.31. The summed E-state index contributed by atoms with van der Waals surface area (Å²) in [6.07, 6.45) is 3.29. The van der Waals surface area contributed by atoms with Gasteiger partial charge in [0.05, 0.1) is 11.9 Å². The van der Waals surface area contributed by atoms with Gasteiger partial charge in [-0.3, -0.25) is 9.48 Å². The lowest BCUT2D eigenvalue weighted by molar-refractivity contribution is 0.0992. The van der Waals surface area contributed by atoms with Gasteiger partial charge in [-0.1, -0.05) is 17.7 Å². The summed E-state index contributed by atoms with van der Waals surface area (Å²) in [6.45, 7) is 4.30. The Morgan fingerprint density at radius 2 is 2.12 bits per heavy atom. The molecule has 0 saturated heterocycles. The second-order valence-corrected chi connectivity index (χ2v) is 5.68. The van der Waals surface area contributed by atoms with Crippen LogP contribution in [-0.2, 0) is 13.7 Å². The van der Waals surface area contributed by atoms with Crippen molar-refractivity contribution in [2.75, 3.05) is 5.32 Å². The summed E-state index contributed by atoms with van der Waals surface area (Å²) in [6, 6.07) is 9.36. The number of furan rings is 1.